The third-order valence-electron chi connectivity index (χ3n) is 4.77. The molecule has 0 spiro atoms. The number of nitrogens with zero attached hydrogens (tertiary/aromatic N) is 3. The summed E-state index contributed by atoms with van der Waals surface area (Å²) in [6.07, 6.45) is 1.97. The second-order valence-corrected chi connectivity index (χ2v) is 7.23. The van der Waals surface area contributed by atoms with Gasteiger partial charge in [-0.1, -0.05) is 29.8 Å². The second kappa shape index (κ2) is 8.86. The fraction of sp³-hybridized carbons (Fsp3) is 0.130. The molecule has 8 heteroatoms. The maximum Gasteiger partial charge on any atom is 0.338 e. The Kier molecular flexibility index (Phi) is 5.83. The van der Waals surface area contributed by atoms with E-state index in [2.05, 4.69) is 5.10 Å². The first-order chi connectivity index (χ1) is 15.0. The Morgan fingerprint density at radius 2 is 2.00 bits per heavy atom. The lowest BCUT2D eigenvalue weighted by atomic mass is 10.0. The summed E-state index contributed by atoms with van der Waals surface area (Å²) in [5.74, 6) is -0.606. The Hall–Kier alpha value is -3.89. The molecule has 0 fully saturated rings. The highest BCUT2D eigenvalue weighted by atomic mass is 35.5. The highest BCUT2D eigenvalue weighted by Gasteiger charge is 2.35. The predicted molar refractivity (Wildman–Crippen MR) is 112 cm³/mol. The Bertz CT molecular complexity index is 1180. The molecule has 2 heterocycles. The van der Waals surface area contributed by atoms with Crippen LogP contribution in [0.4, 0.5) is 0 Å². The minimum absolute atomic E-state index is 0.196. The molecule has 1 unspecified atom stereocenters. The smallest absolute Gasteiger partial charge is 0.338 e. The van der Waals surface area contributed by atoms with E-state index in [1.54, 1.807) is 36.4 Å². The molecule has 4 rings (SSSR count). The first-order valence-electron chi connectivity index (χ1n) is 9.41. The van der Waals surface area contributed by atoms with Gasteiger partial charge in [0.1, 0.15) is 11.8 Å². The number of hydrogen-bond donors (Lipinski definition) is 0. The number of carbonyl (C=O) groups is 2. The molecule has 0 N–H and O–H groups in total. The molecular weight excluding hydrogens is 418 g/mol. The van der Waals surface area contributed by atoms with Crippen LogP contribution in [0.1, 0.15) is 39.7 Å². The van der Waals surface area contributed by atoms with Crippen LogP contribution < -0.4 is 0 Å². The Labute approximate surface area is 183 Å². The molecule has 0 bridgehead atoms. The molecular formula is C23H16ClN3O4. The van der Waals surface area contributed by atoms with Gasteiger partial charge in [-0.05, 0) is 48.0 Å². The standard InChI is InChI=1S/C23H16ClN3O4/c24-18-8-6-16(7-9-18)19-12-20(21-5-2-10-30-21)27(26-19)22(28)14-31-23(29)17-4-1-3-15(11-17)13-25/h1-11,20H,12,14H2. The van der Waals surface area contributed by atoms with Crippen LogP contribution in [-0.4, -0.2) is 29.2 Å². The van der Waals surface area contributed by atoms with Crippen LogP contribution >= 0.6 is 11.6 Å². The SMILES string of the molecule is N#Cc1cccc(C(=O)OCC(=O)N2N=C(c3ccc(Cl)cc3)CC2c2ccco2)c1. The summed E-state index contributed by atoms with van der Waals surface area (Å²) >= 11 is 5.96. The molecule has 31 heavy (non-hydrogen) atoms. The lowest BCUT2D eigenvalue weighted by Crippen LogP contribution is -2.31. The molecule has 3 aromatic rings. The van der Waals surface area contributed by atoms with E-state index in [9.17, 15) is 9.59 Å². The van der Waals surface area contributed by atoms with Crippen LogP contribution in [0.25, 0.3) is 0 Å². The van der Waals surface area contributed by atoms with Crippen molar-refractivity contribution in [2.75, 3.05) is 6.61 Å². The summed E-state index contributed by atoms with van der Waals surface area (Å²) in [7, 11) is 0. The Balaban J connectivity index is 1.51. The van der Waals surface area contributed by atoms with Gasteiger partial charge in [0.05, 0.1) is 29.2 Å². The molecule has 2 aromatic carbocycles. The Morgan fingerprint density at radius 1 is 1.19 bits per heavy atom. The molecule has 1 aliphatic heterocycles. The zero-order chi connectivity index (χ0) is 21.8. The third kappa shape index (κ3) is 4.49. The first-order valence-corrected chi connectivity index (χ1v) is 9.79. The van der Waals surface area contributed by atoms with Crippen molar-refractivity contribution in [2.45, 2.75) is 12.5 Å². The fourth-order valence-electron chi connectivity index (χ4n) is 3.25. The average Bonchev–Trinajstić information content (AvgIpc) is 3.48. The number of ether oxygens (including phenoxy) is 1. The van der Waals surface area contributed by atoms with Crippen LogP contribution in [0, 0.1) is 11.3 Å². The van der Waals surface area contributed by atoms with Crippen molar-refractivity contribution in [3.63, 3.8) is 0 Å². The second-order valence-electron chi connectivity index (χ2n) is 6.80. The van der Waals surface area contributed by atoms with E-state index in [1.165, 1.54) is 23.4 Å². The van der Waals surface area contributed by atoms with Crippen molar-refractivity contribution in [3.8, 4) is 6.07 Å². The predicted octanol–water partition coefficient (Wildman–Crippen LogP) is 4.34. The van der Waals surface area contributed by atoms with Gasteiger partial charge in [-0.15, -0.1) is 0 Å². The normalized spacial score (nSPS) is 15.3. The van der Waals surface area contributed by atoms with Gasteiger partial charge in [-0.2, -0.15) is 10.4 Å². The summed E-state index contributed by atoms with van der Waals surface area (Å²) in [6, 6.07) is 18.3. The molecule has 1 amide bonds. The third-order valence-corrected chi connectivity index (χ3v) is 5.02. The van der Waals surface area contributed by atoms with Crippen LogP contribution in [0.15, 0.2) is 76.4 Å². The number of hydrogen-bond acceptors (Lipinski definition) is 6. The van der Waals surface area contributed by atoms with E-state index < -0.39 is 24.5 Å². The van der Waals surface area contributed by atoms with E-state index in [0.717, 1.165) is 5.56 Å². The van der Waals surface area contributed by atoms with E-state index in [1.807, 2.05) is 18.2 Å². The molecule has 1 atom stereocenters. The van der Waals surface area contributed by atoms with Gasteiger partial charge in [0, 0.05) is 11.4 Å². The quantitative estimate of drug-likeness (QED) is 0.557. The molecule has 0 saturated heterocycles. The van der Waals surface area contributed by atoms with Crippen molar-refractivity contribution in [2.24, 2.45) is 5.10 Å². The van der Waals surface area contributed by atoms with Gasteiger partial charge >= 0.3 is 5.97 Å². The molecule has 1 aromatic heterocycles. The number of halogens is 1. The lowest BCUT2D eigenvalue weighted by molar-refractivity contribution is -0.136. The number of nitriles is 1. The zero-order valence-corrected chi connectivity index (χ0v) is 17.0. The molecule has 7 nitrogen and oxygen atoms in total. The molecule has 0 aliphatic carbocycles. The minimum Gasteiger partial charge on any atom is -0.467 e. The summed E-state index contributed by atoms with van der Waals surface area (Å²) in [5, 5.41) is 15.3. The van der Waals surface area contributed by atoms with Gasteiger partial charge in [-0.3, -0.25) is 4.79 Å². The van der Waals surface area contributed by atoms with Gasteiger partial charge in [0.2, 0.25) is 0 Å². The van der Waals surface area contributed by atoms with Crippen molar-refractivity contribution in [3.05, 3.63) is 94.4 Å². The largest absolute Gasteiger partial charge is 0.467 e. The van der Waals surface area contributed by atoms with Gasteiger partial charge in [0.25, 0.3) is 5.91 Å². The number of rotatable bonds is 5. The number of benzene rings is 2. The van der Waals surface area contributed by atoms with Crippen LogP contribution in [-0.2, 0) is 9.53 Å². The van der Waals surface area contributed by atoms with Crippen LogP contribution in [0.5, 0.6) is 0 Å². The maximum atomic E-state index is 12.9. The summed E-state index contributed by atoms with van der Waals surface area (Å²) in [6.45, 7) is -0.496. The van der Waals surface area contributed by atoms with Gasteiger partial charge in [0.15, 0.2) is 6.61 Å². The highest BCUT2D eigenvalue weighted by molar-refractivity contribution is 6.30. The number of esters is 1. The van der Waals surface area contributed by atoms with Gasteiger partial charge in [-0.25, -0.2) is 9.80 Å². The highest BCUT2D eigenvalue weighted by Crippen LogP contribution is 2.33. The topological polar surface area (TPSA) is 95.9 Å². The first kappa shape index (κ1) is 20.4. The molecule has 0 radical (unpaired) electrons. The lowest BCUT2D eigenvalue weighted by Gasteiger charge is -2.19. The van der Waals surface area contributed by atoms with E-state index >= 15 is 0 Å². The number of carbonyl (C=O) groups excluding carboxylic acids is 2. The average molecular weight is 434 g/mol. The number of hydrazone groups is 1. The van der Waals surface area contributed by atoms with Crippen molar-refractivity contribution >= 4 is 29.2 Å². The van der Waals surface area contributed by atoms with Crippen LogP contribution in [0.3, 0.4) is 0 Å². The Morgan fingerprint density at radius 3 is 2.71 bits per heavy atom. The number of furan rings is 1. The summed E-state index contributed by atoms with van der Waals surface area (Å²) < 4.78 is 10.7. The minimum atomic E-state index is -0.693. The van der Waals surface area contributed by atoms with Crippen LogP contribution in [0.2, 0.25) is 5.02 Å². The van der Waals surface area contributed by atoms with E-state index in [0.29, 0.717) is 28.5 Å². The summed E-state index contributed by atoms with van der Waals surface area (Å²) in [5.41, 5.74) is 2.05. The molecule has 154 valence electrons. The number of amides is 1. The van der Waals surface area contributed by atoms with E-state index in [4.69, 9.17) is 26.0 Å². The zero-order valence-electron chi connectivity index (χ0n) is 16.2. The van der Waals surface area contributed by atoms with Crippen molar-refractivity contribution < 1.29 is 18.7 Å². The van der Waals surface area contributed by atoms with Crippen molar-refractivity contribution in [1.29, 1.82) is 5.26 Å². The van der Waals surface area contributed by atoms with Crippen molar-refractivity contribution in [1.82, 2.24) is 5.01 Å². The summed E-state index contributed by atoms with van der Waals surface area (Å²) in [4.78, 5) is 25.2. The molecule has 1 aliphatic rings. The monoisotopic (exact) mass is 433 g/mol. The van der Waals surface area contributed by atoms with E-state index in [-0.39, 0.29) is 5.56 Å². The fourth-order valence-corrected chi connectivity index (χ4v) is 3.38. The maximum absolute atomic E-state index is 12.9. The molecule has 0 saturated carbocycles. The van der Waals surface area contributed by atoms with Gasteiger partial charge < -0.3 is 9.15 Å².